The van der Waals surface area contributed by atoms with E-state index in [1.54, 1.807) is 24.3 Å². The van der Waals surface area contributed by atoms with E-state index >= 15 is 0 Å². The van der Waals surface area contributed by atoms with Gasteiger partial charge in [0, 0.05) is 12.6 Å². The first-order valence-corrected chi connectivity index (χ1v) is 7.10. The fourth-order valence-electron chi connectivity index (χ4n) is 2.28. The average Bonchev–Trinajstić information content (AvgIpc) is 2.52. The van der Waals surface area contributed by atoms with Crippen LogP contribution in [0.3, 0.4) is 0 Å². The molecule has 3 N–H and O–H groups in total. The number of hydrogen-bond donors (Lipinski definition) is 2. The lowest BCUT2D eigenvalue weighted by molar-refractivity contribution is 0.0867. The zero-order valence-electron chi connectivity index (χ0n) is 12.3. The molecule has 0 fully saturated rings. The maximum absolute atomic E-state index is 12.3. The van der Waals surface area contributed by atoms with E-state index in [1.165, 1.54) is 6.07 Å². The second kappa shape index (κ2) is 6.10. The molecule has 0 spiro atoms. The van der Waals surface area contributed by atoms with Gasteiger partial charge in [-0.1, -0.05) is 26.0 Å². The zero-order valence-corrected chi connectivity index (χ0v) is 12.3. The normalized spacial score (nSPS) is 11.6. The molecule has 112 valence electrons. The molecule has 0 atom stereocenters. The Balaban J connectivity index is 2.38. The van der Waals surface area contributed by atoms with Crippen LogP contribution in [0.4, 0.5) is 0 Å². The number of fused-ring (bicyclic) bond motifs is 1. The van der Waals surface area contributed by atoms with E-state index < -0.39 is 11.4 Å². The van der Waals surface area contributed by atoms with E-state index in [4.69, 9.17) is 10.2 Å². The highest BCUT2D eigenvalue weighted by molar-refractivity contribution is 5.93. The van der Waals surface area contributed by atoms with Gasteiger partial charge in [0.25, 0.3) is 5.91 Å². The molecule has 5 nitrogen and oxygen atoms in total. The minimum atomic E-state index is -0.471. The van der Waals surface area contributed by atoms with E-state index in [9.17, 15) is 9.59 Å². The molecule has 1 heterocycles. The Labute approximate surface area is 123 Å². The van der Waals surface area contributed by atoms with Crippen molar-refractivity contribution in [3.63, 3.8) is 0 Å². The van der Waals surface area contributed by atoms with Crippen molar-refractivity contribution in [2.75, 3.05) is 6.54 Å². The molecular weight excluding hydrogens is 268 g/mol. The second-order valence-electron chi connectivity index (χ2n) is 5.12. The molecule has 0 unspecified atom stereocenters. The van der Waals surface area contributed by atoms with Crippen LogP contribution >= 0.6 is 0 Å². The van der Waals surface area contributed by atoms with E-state index in [0.29, 0.717) is 30.4 Å². The molecule has 21 heavy (non-hydrogen) atoms. The number of hydrogen-bond acceptors (Lipinski definition) is 4. The third-order valence-corrected chi connectivity index (χ3v) is 3.98. The van der Waals surface area contributed by atoms with Gasteiger partial charge in [-0.05, 0) is 25.0 Å². The Bertz CT molecular complexity index is 694. The van der Waals surface area contributed by atoms with Crippen molar-refractivity contribution >= 4 is 16.9 Å². The number of rotatable bonds is 5. The summed E-state index contributed by atoms with van der Waals surface area (Å²) in [6.45, 7) is 4.27. The van der Waals surface area contributed by atoms with Crippen LogP contribution in [0, 0.1) is 0 Å². The third-order valence-electron chi connectivity index (χ3n) is 3.98. The number of nitrogens with one attached hydrogen (secondary N) is 1. The summed E-state index contributed by atoms with van der Waals surface area (Å²) in [6, 6.07) is 8.08. The molecule has 5 heteroatoms. The molecular formula is C16H20N2O3. The van der Waals surface area contributed by atoms with Crippen molar-refractivity contribution in [2.45, 2.75) is 32.2 Å². The highest BCUT2D eigenvalue weighted by atomic mass is 16.3. The molecule has 2 aromatic rings. The number of amides is 1. The van der Waals surface area contributed by atoms with Crippen molar-refractivity contribution in [2.24, 2.45) is 5.73 Å². The zero-order chi connectivity index (χ0) is 15.5. The molecule has 0 aliphatic rings. The van der Waals surface area contributed by atoms with Gasteiger partial charge in [0.05, 0.1) is 10.9 Å². The summed E-state index contributed by atoms with van der Waals surface area (Å²) in [6.07, 6.45) is 1.42. The van der Waals surface area contributed by atoms with Crippen LogP contribution in [0.25, 0.3) is 11.0 Å². The fourth-order valence-corrected chi connectivity index (χ4v) is 2.28. The van der Waals surface area contributed by atoms with E-state index in [2.05, 4.69) is 5.32 Å². The van der Waals surface area contributed by atoms with E-state index in [0.717, 1.165) is 0 Å². The molecule has 0 aliphatic carbocycles. The van der Waals surface area contributed by atoms with Gasteiger partial charge in [-0.15, -0.1) is 0 Å². The van der Waals surface area contributed by atoms with Gasteiger partial charge < -0.3 is 15.5 Å². The highest BCUT2D eigenvalue weighted by Gasteiger charge is 2.28. The maximum atomic E-state index is 12.3. The monoisotopic (exact) mass is 288 g/mol. The predicted octanol–water partition coefficient (Wildman–Crippen LogP) is 2.04. The standard InChI is InChI=1S/C16H20N2O3/c1-3-16(4-2,10-17)18-15(20)14-9-12(19)11-7-5-6-8-13(11)21-14/h5-9H,3-4,10,17H2,1-2H3,(H,18,20). The lowest BCUT2D eigenvalue weighted by Crippen LogP contribution is -2.52. The Morgan fingerprint density at radius 3 is 2.57 bits per heavy atom. The Kier molecular flexibility index (Phi) is 4.43. The quantitative estimate of drug-likeness (QED) is 0.881. The Hall–Kier alpha value is -2.14. The van der Waals surface area contributed by atoms with Gasteiger partial charge in [-0.25, -0.2) is 0 Å². The molecule has 1 amide bonds. The Morgan fingerprint density at radius 1 is 1.29 bits per heavy atom. The number of benzene rings is 1. The number of carbonyl (C=O) groups excluding carboxylic acids is 1. The molecule has 0 aliphatic heterocycles. The van der Waals surface area contributed by atoms with E-state index in [1.807, 2.05) is 13.8 Å². The van der Waals surface area contributed by atoms with Gasteiger partial charge in [-0.2, -0.15) is 0 Å². The summed E-state index contributed by atoms with van der Waals surface area (Å²) in [7, 11) is 0. The van der Waals surface area contributed by atoms with Crippen molar-refractivity contribution in [1.29, 1.82) is 0 Å². The maximum Gasteiger partial charge on any atom is 0.287 e. The molecule has 0 radical (unpaired) electrons. The van der Waals surface area contributed by atoms with Crippen LogP contribution in [0.15, 0.2) is 39.5 Å². The summed E-state index contributed by atoms with van der Waals surface area (Å²) >= 11 is 0. The smallest absolute Gasteiger partial charge is 0.287 e. The highest BCUT2D eigenvalue weighted by Crippen LogP contribution is 2.16. The third kappa shape index (κ3) is 2.97. The topological polar surface area (TPSA) is 85.3 Å². The molecule has 2 rings (SSSR count). The average molecular weight is 288 g/mol. The van der Waals surface area contributed by atoms with Gasteiger partial charge in [0.1, 0.15) is 5.58 Å². The number of para-hydroxylation sites is 1. The predicted molar refractivity (Wildman–Crippen MR) is 82.3 cm³/mol. The van der Waals surface area contributed by atoms with Crippen LogP contribution < -0.4 is 16.5 Å². The Morgan fingerprint density at radius 2 is 1.95 bits per heavy atom. The van der Waals surface area contributed by atoms with Crippen LogP contribution in [0.5, 0.6) is 0 Å². The van der Waals surface area contributed by atoms with Crippen LogP contribution in [0.2, 0.25) is 0 Å². The second-order valence-corrected chi connectivity index (χ2v) is 5.12. The van der Waals surface area contributed by atoms with Crippen LogP contribution in [-0.4, -0.2) is 18.0 Å². The first kappa shape index (κ1) is 15.3. The summed E-state index contributed by atoms with van der Waals surface area (Å²) < 4.78 is 5.53. The summed E-state index contributed by atoms with van der Waals surface area (Å²) in [5, 5.41) is 3.35. The fraction of sp³-hybridized carbons (Fsp3) is 0.375. The molecule has 0 saturated carbocycles. The first-order chi connectivity index (χ1) is 10.0. The van der Waals surface area contributed by atoms with Crippen molar-refractivity contribution in [3.05, 3.63) is 46.3 Å². The molecule has 1 aromatic heterocycles. The van der Waals surface area contributed by atoms with Gasteiger partial charge >= 0.3 is 0 Å². The summed E-state index contributed by atoms with van der Waals surface area (Å²) in [5.41, 5.74) is 5.47. The van der Waals surface area contributed by atoms with Crippen LogP contribution in [0.1, 0.15) is 37.2 Å². The molecule has 1 aromatic carbocycles. The van der Waals surface area contributed by atoms with Gasteiger partial charge in [-0.3, -0.25) is 9.59 Å². The van der Waals surface area contributed by atoms with Crippen LogP contribution in [-0.2, 0) is 0 Å². The van der Waals surface area contributed by atoms with Crippen molar-refractivity contribution in [1.82, 2.24) is 5.32 Å². The van der Waals surface area contributed by atoms with E-state index in [-0.39, 0.29) is 11.2 Å². The minimum Gasteiger partial charge on any atom is -0.451 e. The minimum absolute atomic E-state index is 0.0124. The number of carbonyl (C=O) groups is 1. The molecule has 0 bridgehead atoms. The van der Waals surface area contributed by atoms with Crippen molar-refractivity contribution in [3.8, 4) is 0 Å². The first-order valence-electron chi connectivity index (χ1n) is 7.10. The summed E-state index contributed by atoms with van der Waals surface area (Å²) in [4.78, 5) is 24.3. The van der Waals surface area contributed by atoms with Gasteiger partial charge in [0.15, 0.2) is 11.2 Å². The lowest BCUT2D eigenvalue weighted by Gasteiger charge is -2.31. The van der Waals surface area contributed by atoms with Crippen molar-refractivity contribution < 1.29 is 9.21 Å². The number of nitrogens with two attached hydrogens (primary N) is 1. The lowest BCUT2D eigenvalue weighted by atomic mass is 9.93. The molecule has 0 saturated heterocycles. The SMILES string of the molecule is CCC(CC)(CN)NC(=O)c1cc(=O)c2ccccc2o1. The van der Waals surface area contributed by atoms with Gasteiger partial charge in [0.2, 0.25) is 0 Å². The summed E-state index contributed by atoms with van der Waals surface area (Å²) in [5.74, 6) is -0.398. The largest absolute Gasteiger partial charge is 0.451 e.